The van der Waals surface area contributed by atoms with Gasteiger partial charge in [0, 0.05) is 11.8 Å². The van der Waals surface area contributed by atoms with Crippen molar-refractivity contribution in [1.29, 1.82) is 0 Å². The number of amides is 3. The predicted octanol–water partition coefficient (Wildman–Crippen LogP) is 2.71. The third-order valence-corrected chi connectivity index (χ3v) is 5.83. The SMILES string of the molecule is C[C@H](NC(=O)C[C@H]1CC[C@@H](NC(=O)Nc2ccc3c(c2)OCO3)[C@@H](CO)O1)c1ccccc1. The normalized spacial score (nSPS) is 22.3. The van der Waals surface area contributed by atoms with Crippen molar-refractivity contribution in [3.63, 3.8) is 0 Å². The topological polar surface area (TPSA) is 118 Å². The Labute approximate surface area is 192 Å². The van der Waals surface area contributed by atoms with Crippen LogP contribution in [-0.2, 0) is 9.53 Å². The van der Waals surface area contributed by atoms with Gasteiger partial charge in [-0.05, 0) is 37.5 Å². The molecule has 2 aromatic carbocycles. The van der Waals surface area contributed by atoms with E-state index in [2.05, 4.69) is 16.0 Å². The lowest BCUT2D eigenvalue weighted by Gasteiger charge is -2.36. The third-order valence-electron chi connectivity index (χ3n) is 5.83. The van der Waals surface area contributed by atoms with Gasteiger partial charge in [0.05, 0.1) is 31.2 Å². The first-order valence-corrected chi connectivity index (χ1v) is 11.1. The Hall–Kier alpha value is -3.30. The fourth-order valence-corrected chi connectivity index (χ4v) is 4.09. The molecule has 0 bridgehead atoms. The summed E-state index contributed by atoms with van der Waals surface area (Å²) in [5, 5.41) is 18.4. The van der Waals surface area contributed by atoms with Gasteiger partial charge in [0.15, 0.2) is 11.5 Å². The van der Waals surface area contributed by atoms with Crippen LogP contribution >= 0.6 is 0 Å². The van der Waals surface area contributed by atoms with E-state index in [1.807, 2.05) is 37.3 Å². The summed E-state index contributed by atoms with van der Waals surface area (Å²) in [6.07, 6.45) is 0.472. The minimum Gasteiger partial charge on any atom is -0.454 e. The van der Waals surface area contributed by atoms with Crippen molar-refractivity contribution in [1.82, 2.24) is 10.6 Å². The second kappa shape index (κ2) is 10.5. The van der Waals surface area contributed by atoms with E-state index in [0.29, 0.717) is 30.0 Å². The first-order chi connectivity index (χ1) is 16.0. The van der Waals surface area contributed by atoms with Crippen molar-refractivity contribution in [3.8, 4) is 11.5 Å². The van der Waals surface area contributed by atoms with Gasteiger partial charge in [-0.15, -0.1) is 0 Å². The molecule has 0 spiro atoms. The Morgan fingerprint density at radius 2 is 1.88 bits per heavy atom. The molecule has 0 aromatic heterocycles. The third kappa shape index (κ3) is 5.94. The van der Waals surface area contributed by atoms with Crippen LogP contribution in [0.3, 0.4) is 0 Å². The minimum absolute atomic E-state index is 0.106. The quantitative estimate of drug-likeness (QED) is 0.510. The number of urea groups is 1. The average Bonchev–Trinajstić information content (AvgIpc) is 3.28. The first kappa shape index (κ1) is 22.9. The van der Waals surface area contributed by atoms with Crippen LogP contribution in [0.25, 0.3) is 0 Å². The number of hydrogen-bond donors (Lipinski definition) is 4. The summed E-state index contributed by atoms with van der Waals surface area (Å²) in [7, 11) is 0. The average molecular weight is 456 g/mol. The zero-order chi connectivity index (χ0) is 23.2. The van der Waals surface area contributed by atoms with Gasteiger partial charge in [-0.2, -0.15) is 0 Å². The van der Waals surface area contributed by atoms with Crippen LogP contribution in [0.2, 0.25) is 0 Å². The highest BCUT2D eigenvalue weighted by Crippen LogP contribution is 2.34. The maximum absolute atomic E-state index is 12.5. The molecule has 0 unspecified atom stereocenters. The highest BCUT2D eigenvalue weighted by Gasteiger charge is 2.33. The van der Waals surface area contributed by atoms with Crippen molar-refractivity contribution in [2.45, 2.75) is 50.5 Å². The standard InChI is InChI=1S/C24H29N3O6/c1-15(16-5-3-2-4-6-16)25-23(29)12-18-8-9-19(22(13-28)33-18)27-24(30)26-17-7-10-20-21(11-17)32-14-31-20/h2-7,10-11,15,18-19,22,28H,8-9,12-14H2,1H3,(H,25,29)(H2,26,27,30)/t15-,18+,19+,22+/m0/s1. The lowest BCUT2D eigenvalue weighted by Crippen LogP contribution is -2.52. The molecule has 1 fully saturated rings. The molecule has 2 aliphatic rings. The molecule has 4 atom stereocenters. The number of hydrogen-bond acceptors (Lipinski definition) is 6. The zero-order valence-electron chi connectivity index (χ0n) is 18.5. The number of carbonyl (C=O) groups is 2. The zero-order valence-corrected chi connectivity index (χ0v) is 18.5. The predicted molar refractivity (Wildman–Crippen MR) is 121 cm³/mol. The number of nitrogens with one attached hydrogen (secondary N) is 3. The van der Waals surface area contributed by atoms with Crippen LogP contribution in [0, 0.1) is 0 Å². The summed E-state index contributed by atoms with van der Waals surface area (Å²) >= 11 is 0. The van der Waals surface area contributed by atoms with Crippen LogP contribution in [0.15, 0.2) is 48.5 Å². The summed E-state index contributed by atoms with van der Waals surface area (Å²) in [6.45, 7) is 1.84. The second-order valence-corrected chi connectivity index (χ2v) is 8.23. The highest BCUT2D eigenvalue weighted by molar-refractivity contribution is 5.90. The number of aliphatic hydroxyl groups is 1. The van der Waals surface area contributed by atoms with Gasteiger partial charge in [0.2, 0.25) is 12.7 Å². The first-order valence-electron chi connectivity index (χ1n) is 11.1. The molecule has 0 aliphatic carbocycles. The molecule has 1 saturated heterocycles. The van der Waals surface area contributed by atoms with Crippen molar-refractivity contribution >= 4 is 17.6 Å². The van der Waals surface area contributed by atoms with Gasteiger partial charge in [-0.3, -0.25) is 4.79 Å². The maximum Gasteiger partial charge on any atom is 0.319 e. The van der Waals surface area contributed by atoms with Crippen molar-refractivity contribution in [2.75, 3.05) is 18.7 Å². The fraction of sp³-hybridized carbons (Fsp3) is 0.417. The molecular weight excluding hydrogens is 426 g/mol. The van der Waals surface area contributed by atoms with Gasteiger partial charge >= 0.3 is 6.03 Å². The molecule has 9 nitrogen and oxygen atoms in total. The summed E-state index contributed by atoms with van der Waals surface area (Å²) in [5.41, 5.74) is 1.59. The molecule has 4 rings (SSSR count). The van der Waals surface area contributed by atoms with Gasteiger partial charge in [-0.1, -0.05) is 30.3 Å². The van der Waals surface area contributed by atoms with Crippen molar-refractivity contribution in [3.05, 3.63) is 54.1 Å². The van der Waals surface area contributed by atoms with Crippen LogP contribution in [-0.4, -0.2) is 48.7 Å². The summed E-state index contributed by atoms with van der Waals surface area (Å²) < 4.78 is 16.5. The van der Waals surface area contributed by atoms with Crippen LogP contribution in [0.1, 0.15) is 37.8 Å². The number of aliphatic hydroxyl groups excluding tert-OH is 1. The van der Waals surface area contributed by atoms with Gasteiger partial charge in [0.25, 0.3) is 0 Å². The Morgan fingerprint density at radius 1 is 1.09 bits per heavy atom. The molecule has 2 aliphatic heterocycles. The number of rotatable bonds is 7. The van der Waals surface area contributed by atoms with Crippen LogP contribution < -0.4 is 25.4 Å². The number of carbonyl (C=O) groups excluding carboxylic acids is 2. The number of fused-ring (bicyclic) bond motifs is 1. The molecule has 176 valence electrons. The highest BCUT2D eigenvalue weighted by atomic mass is 16.7. The summed E-state index contributed by atoms with van der Waals surface area (Å²) in [4.78, 5) is 24.9. The van der Waals surface area contributed by atoms with E-state index in [9.17, 15) is 14.7 Å². The molecule has 0 radical (unpaired) electrons. The molecule has 3 amide bonds. The van der Waals surface area contributed by atoms with Crippen molar-refractivity contribution < 1.29 is 28.9 Å². The Balaban J connectivity index is 1.25. The van der Waals surface area contributed by atoms with E-state index in [0.717, 1.165) is 5.56 Å². The second-order valence-electron chi connectivity index (χ2n) is 8.23. The Morgan fingerprint density at radius 3 is 2.67 bits per heavy atom. The van der Waals surface area contributed by atoms with E-state index in [1.54, 1.807) is 18.2 Å². The maximum atomic E-state index is 12.5. The molecule has 0 saturated carbocycles. The Kier molecular flexibility index (Phi) is 7.31. The van der Waals surface area contributed by atoms with Crippen molar-refractivity contribution in [2.24, 2.45) is 0 Å². The number of ether oxygens (including phenoxy) is 3. The molecule has 2 aromatic rings. The molecule has 33 heavy (non-hydrogen) atoms. The van der Waals surface area contributed by atoms with Gasteiger partial charge in [-0.25, -0.2) is 4.79 Å². The van der Waals surface area contributed by atoms with Crippen LogP contribution in [0.5, 0.6) is 11.5 Å². The van der Waals surface area contributed by atoms with Gasteiger partial charge < -0.3 is 35.3 Å². The Bertz CT molecular complexity index is 970. The van der Waals surface area contributed by atoms with Gasteiger partial charge in [0.1, 0.15) is 6.10 Å². The monoisotopic (exact) mass is 455 g/mol. The lowest BCUT2D eigenvalue weighted by atomic mass is 9.97. The molecule has 4 N–H and O–H groups in total. The van der Waals surface area contributed by atoms with E-state index >= 15 is 0 Å². The molecule has 2 heterocycles. The van der Waals surface area contributed by atoms with E-state index < -0.39 is 12.1 Å². The van der Waals surface area contributed by atoms with E-state index in [-0.39, 0.29) is 43.9 Å². The lowest BCUT2D eigenvalue weighted by molar-refractivity contribution is -0.131. The largest absolute Gasteiger partial charge is 0.454 e. The van der Waals surface area contributed by atoms with E-state index in [4.69, 9.17) is 14.2 Å². The number of anilines is 1. The fourth-order valence-electron chi connectivity index (χ4n) is 4.09. The summed E-state index contributed by atoms with van der Waals surface area (Å²) in [5.74, 6) is 1.10. The van der Waals surface area contributed by atoms with Crippen LogP contribution in [0.4, 0.5) is 10.5 Å². The smallest absolute Gasteiger partial charge is 0.319 e. The molecule has 9 heteroatoms. The molecular formula is C24H29N3O6. The number of benzene rings is 2. The summed E-state index contributed by atoms with van der Waals surface area (Å²) in [6, 6.07) is 14.0. The van der Waals surface area contributed by atoms with E-state index in [1.165, 1.54) is 0 Å². The minimum atomic E-state index is -0.592.